The Bertz CT molecular complexity index is 687. The van der Waals surface area contributed by atoms with Gasteiger partial charge >= 0.3 is 11.9 Å². The van der Waals surface area contributed by atoms with Gasteiger partial charge in [0.2, 0.25) is 6.29 Å². The predicted molar refractivity (Wildman–Crippen MR) is 108 cm³/mol. The molecule has 0 aromatic heterocycles. The standard InChI is InChI=1S/C19H27O7PS/c1-4-23-27(28,24-5-2)13-16-11-18(25-14(3)20)26-17(16)12-22-19(21)15-9-7-6-8-10-15/h6-10,16-18H,4-5,11-13H2,1-3H3/t16-,17-,18+/m1/s1. The second-order valence-electron chi connectivity index (χ2n) is 6.30. The van der Waals surface area contributed by atoms with Crippen LogP contribution in [0.4, 0.5) is 0 Å². The van der Waals surface area contributed by atoms with E-state index >= 15 is 0 Å². The lowest BCUT2D eigenvalue weighted by Crippen LogP contribution is -2.27. The summed E-state index contributed by atoms with van der Waals surface area (Å²) in [5.41, 5.74) is 0.460. The van der Waals surface area contributed by atoms with Crippen molar-refractivity contribution < 1.29 is 32.8 Å². The summed E-state index contributed by atoms with van der Waals surface area (Å²) < 4.78 is 27.9. The Morgan fingerprint density at radius 1 is 1.18 bits per heavy atom. The van der Waals surface area contributed by atoms with Gasteiger partial charge in [-0.2, -0.15) is 0 Å². The third kappa shape index (κ3) is 6.94. The Labute approximate surface area is 170 Å². The molecule has 1 fully saturated rings. The molecule has 1 aliphatic heterocycles. The number of hydrogen-bond donors (Lipinski definition) is 0. The minimum atomic E-state index is -2.50. The highest BCUT2D eigenvalue weighted by Gasteiger charge is 2.41. The molecule has 1 heterocycles. The summed E-state index contributed by atoms with van der Waals surface area (Å²) >= 11 is 5.62. The second kappa shape index (κ2) is 11.0. The lowest BCUT2D eigenvalue weighted by atomic mass is 10.0. The van der Waals surface area contributed by atoms with Crippen molar-refractivity contribution in [2.24, 2.45) is 5.92 Å². The summed E-state index contributed by atoms with van der Waals surface area (Å²) in [4.78, 5) is 23.5. The molecule has 0 unspecified atom stereocenters. The highest BCUT2D eigenvalue weighted by Crippen LogP contribution is 2.52. The van der Waals surface area contributed by atoms with E-state index in [0.717, 1.165) is 0 Å². The van der Waals surface area contributed by atoms with Crippen molar-refractivity contribution in [1.82, 2.24) is 0 Å². The van der Waals surface area contributed by atoms with Gasteiger partial charge in [-0.1, -0.05) is 18.2 Å². The van der Waals surface area contributed by atoms with Crippen molar-refractivity contribution >= 4 is 30.2 Å². The van der Waals surface area contributed by atoms with E-state index in [0.29, 0.717) is 31.4 Å². The third-order valence-electron chi connectivity index (χ3n) is 4.14. The van der Waals surface area contributed by atoms with Crippen LogP contribution in [-0.2, 0) is 39.9 Å². The third-order valence-corrected chi connectivity index (χ3v) is 7.44. The molecule has 9 heteroatoms. The first-order valence-corrected chi connectivity index (χ1v) is 12.1. The van der Waals surface area contributed by atoms with E-state index in [1.807, 2.05) is 19.9 Å². The van der Waals surface area contributed by atoms with Crippen molar-refractivity contribution in [2.45, 2.75) is 39.6 Å². The van der Waals surface area contributed by atoms with Crippen molar-refractivity contribution in [1.29, 1.82) is 0 Å². The summed E-state index contributed by atoms with van der Waals surface area (Å²) in [6.07, 6.45) is -0.254. The largest absolute Gasteiger partial charge is 0.459 e. The molecule has 0 N–H and O–H groups in total. The fraction of sp³-hybridized carbons (Fsp3) is 0.579. The Morgan fingerprint density at radius 3 is 2.39 bits per heavy atom. The number of esters is 2. The Hall–Kier alpha value is -1.31. The normalized spacial score (nSPS) is 22.0. The predicted octanol–water partition coefficient (Wildman–Crippen LogP) is 3.52. The minimum Gasteiger partial charge on any atom is -0.459 e. The number of carbonyl (C=O) groups is 2. The van der Waals surface area contributed by atoms with Crippen LogP contribution in [0.25, 0.3) is 0 Å². The first kappa shape index (κ1) is 23.0. The summed E-state index contributed by atoms with van der Waals surface area (Å²) in [5, 5.41) is 0. The first-order valence-electron chi connectivity index (χ1n) is 9.29. The van der Waals surface area contributed by atoms with E-state index in [1.165, 1.54) is 6.92 Å². The molecular weight excluding hydrogens is 403 g/mol. The van der Waals surface area contributed by atoms with Crippen molar-refractivity contribution in [3.05, 3.63) is 35.9 Å². The van der Waals surface area contributed by atoms with E-state index in [4.69, 9.17) is 35.1 Å². The second-order valence-corrected chi connectivity index (χ2v) is 10.1. The van der Waals surface area contributed by atoms with Gasteiger partial charge in [0.25, 0.3) is 0 Å². The number of carbonyl (C=O) groups excluding carboxylic acids is 2. The quantitative estimate of drug-likeness (QED) is 0.412. The Kier molecular flexibility index (Phi) is 9.05. The molecule has 2 rings (SSSR count). The minimum absolute atomic E-state index is 0.0315. The Balaban J connectivity index is 2.05. The molecule has 3 atom stereocenters. The van der Waals surface area contributed by atoms with E-state index < -0.39 is 30.8 Å². The smallest absolute Gasteiger partial charge is 0.338 e. The summed E-state index contributed by atoms with van der Waals surface area (Å²) in [6, 6.07) is 8.72. The molecule has 156 valence electrons. The lowest BCUT2D eigenvalue weighted by molar-refractivity contribution is -0.175. The molecule has 1 aromatic carbocycles. The maximum atomic E-state index is 12.2. The van der Waals surface area contributed by atoms with E-state index in [9.17, 15) is 9.59 Å². The van der Waals surface area contributed by atoms with Crippen LogP contribution in [0.15, 0.2) is 30.3 Å². The van der Waals surface area contributed by atoms with Gasteiger partial charge in [-0.25, -0.2) is 4.79 Å². The van der Waals surface area contributed by atoms with E-state index in [2.05, 4.69) is 0 Å². The Morgan fingerprint density at radius 2 is 1.82 bits per heavy atom. The van der Waals surface area contributed by atoms with Crippen LogP contribution in [0.2, 0.25) is 0 Å². The van der Waals surface area contributed by atoms with Crippen LogP contribution >= 0.6 is 6.49 Å². The monoisotopic (exact) mass is 430 g/mol. The maximum Gasteiger partial charge on any atom is 0.338 e. The van der Waals surface area contributed by atoms with Crippen LogP contribution in [0.3, 0.4) is 0 Å². The molecule has 1 aromatic rings. The zero-order valence-electron chi connectivity index (χ0n) is 16.4. The van der Waals surface area contributed by atoms with Gasteiger partial charge in [0.05, 0.1) is 24.9 Å². The van der Waals surface area contributed by atoms with Gasteiger partial charge in [-0.05, 0) is 37.8 Å². The summed E-state index contributed by atoms with van der Waals surface area (Å²) in [6.45, 7) is 3.49. The number of ether oxygens (including phenoxy) is 3. The topological polar surface area (TPSA) is 80.3 Å². The molecular formula is C19H27O7PS. The van der Waals surface area contributed by atoms with Crippen LogP contribution in [0, 0.1) is 5.92 Å². The average molecular weight is 430 g/mol. The van der Waals surface area contributed by atoms with E-state index in [-0.39, 0.29) is 12.5 Å². The van der Waals surface area contributed by atoms with Gasteiger partial charge in [0.15, 0.2) is 6.49 Å². The van der Waals surface area contributed by atoms with Crippen molar-refractivity contribution in [2.75, 3.05) is 26.0 Å². The molecule has 0 radical (unpaired) electrons. The SMILES string of the molecule is CCOP(=S)(C[C@H]1C[C@@H](OC(C)=O)O[C@@H]1COC(=O)c1ccccc1)OCC. The molecule has 0 aliphatic carbocycles. The lowest BCUT2D eigenvalue weighted by Gasteiger charge is -2.26. The highest BCUT2D eigenvalue weighted by atomic mass is 32.5. The molecule has 0 amide bonds. The number of rotatable bonds is 10. The molecule has 28 heavy (non-hydrogen) atoms. The molecule has 0 saturated carbocycles. The van der Waals surface area contributed by atoms with Crippen LogP contribution in [-0.4, -0.2) is 50.3 Å². The van der Waals surface area contributed by atoms with Gasteiger partial charge in [-0.3, -0.25) is 4.79 Å². The number of benzene rings is 1. The van der Waals surface area contributed by atoms with Crippen molar-refractivity contribution in [3.63, 3.8) is 0 Å². The maximum absolute atomic E-state index is 12.2. The first-order chi connectivity index (χ1) is 13.4. The fourth-order valence-corrected chi connectivity index (χ4v) is 6.27. The van der Waals surface area contributed by atoms with Crippen LogP contribution in [0.1, 0.15) is 37.6 Å². The molecule has 0 spiro atoms. The van der Waals surface area contributed by atoms with E-state index in [1.54, 1.807) is 24.3 Å². The molecule has 7 nitrogen and oxygen atoms in total. The van der Waals surface area contributed by atoms with Crippen LogP contribution < -0.4 is 0 Å². The highest BCUT2D eigenvalue weighted by molar-refractivity contribution is 8.09. The average Bonchev–Trinajstić information content (AvgIpc) is 3.00. The zero-order chi connectivity index (χ0) is 20.6. The van der Waals surface area contributed by atoms with Gasteiger partial charge < -0.3 is 23.3 Å². The van der Waals surface area contributed by atoms with Crippen molar-refractivity contribution in [3.8, 4) is 0 Å². The van der Waals surface area contributed by atoms with Gasteiger partial charge in [0.1, 0.15) is 6.61 Å². The molecule has 0 bridgehead atoms. The fourth-order valence-electron chi connectivity index (χ4n) is 3.03. The van der Waals surface area contributed by atoms with Gasteiger partial charge in [-0.15, -0.1) is 0 Å². The molecule has 1 aliphatic rings. The van der Waals surface area contributed by atoms with Crippen LogP contribution in [0.5, 0.6) is 0 Å². The zero-order valence-corrected chi connectivity index (χ0v) is 18.1. The van der Waals surface area contributed by atoms with Gasteiger partial charge in [0, 0.05) is 25.4 Å². The number of hydrogen-bond acceptors (Lipinski definition) is 8. The summed E-state index contributed by atoms with van der Waals surface area (Å²) in [7, 11) is 0. The molecule has 1 saturated heterocycles. The summed E-state index contributed by atoms with van der Waals surface area (Å²) in [5.74, 6) is -0.982.